The van der Waals surface area contributed by atoms with Crippen LogP contribution in [0.25, 0.3) is 0 Å². The Morgan fingerprint density at radius 2 is 1.43 bits per heavy atom. The molecule has 0 aromatic rings. The average molecular weight is 206 g/mol. The summed E-state index contributed by atoms with van der Waals surface area (Å²) in [6.07, 6.45) is -2.24. The van der Waals surface area contributed by atoms with Crippen LogP contribution in [0.3, 0.4) is 0 Å². The highest BCUT2D eigenvalue weighted by Crippen LogP contribution is 2.25. The first-order valence-electron chi connectivity index (χ1n) is 4.57. The summed E-state index contributed by atoms with van der Waals surface area (Å²) < 4.78 is 20.9. The van der Waals surface area contributed by atoms with Crippen molar-refractivity contribution in [1.29, 1.82) is 0 Å². The molecule has 0 aromatic carbocycles. The van der Waals surface area contributed by atoms with E-state index in [1.165, 1.54) is 7.11 Å². The third-order valence-electron chi connectivity index (χ3n) is 2.56. The minimum atomic E-state index is -0.966. The monoisotopic (exact) mass is 206 g/mol. The maximum Gasteiger partial charge on any atom is 0.184 e. The predicted octanol–water partition coefficient (Wildman–Crippen LogP) is -0.232. The SMILES string of the molecule is CO[C@@H]1[C@H](OC)[C@H](C)OC(O)[C@H]1OC. The van der Waals surface area contributed by atoms with Gasteiger partial charge in [0.05, 0.1) is 6.10 Å². The third kappa shape index (κ3) is 2.07. The molecule has 0 aliphatic carbocycles. The summed E-state index contributed by atoms with van der Waals surface area (Å²) in [5.41, 5.74) is 0. The van der Waals surface area contributed by atoms with Crippen molar-refractivity contribution in [3.8, 4) is 0 Å². The summed E-state index contributed by atoms with van der Waals surface area (Å²) in [5, 5.41) is 9.57. The van der Waals surface area contributed by atoms with E-state index >= 15 is 0 Å². The first-order valence-corrected chi connectivity index (χ1v) is 4.57. The highest BCUT2D eigenvalue weighted by atomic mass is 16.7. The van der Waals surface area contributed by atoms with Gasteiger partial charge in [-0.2, -0.15) is 0 Å². The van der Waals surface area contributed by atoms with Crippen LogP contribution in [0, 0.1) is 0 Å². The number of aliphatic hydroxyl groups excluding tert-OH is 1. The highest BCUT2D eigenvalue weighted by molar-refractivity contribution is 4.89. The van der Waals surface area contributed by atoms with Crippen molar-refractivity contribution < 1.29 is 24.1 Å². The highest BCUT2D eigenvalue weighted by Gasteiger charge is 2.44. The quantitative estimate of drug-likeness (QED) is 0.691. The van der Waals surface area contributed by atoms with Crippen LogP contribution in [-0.2, 0) is 18.9 Å². The van der Waals surface area contributed by atoms with Gasteiger partial charge in [-0.25, -0.2) is 0 Å². The second-order valence-corrected chi connectivity index (χ2v) is 3.33. The van der Waals surface area contributed by atoms with Gasteiger partial charge in [0, 0.05) is 21.3 Å². The maximum atomic E-state index is 9.57. The molecule has 1 rings (SSSR count). The second kappa shape index (κ2) is 5.04. The number of ether oxygens (including phenoxy) is 4. The van der Waals surface area contributed by atoms with E-state index in [0.29, 0.717) is 0 Å². The van der Waals surface area contributed by atoms with Crippen LogP contribution in [0.1, 0.15) is 6.92 Å². The largest absolute Gasteiger partial charge is 0.376 e. The van der Waals surface area contributed by atoms with Crippen molar-refractivity contribution in [2.24, 2.45) is 0 Å². The number of aliphatic hydroxyl groups is 1. The Morgan fingerprint density at radius 3 is 1.86 bits per heavy atom. The van der Waals surface area contributed by atoms with Crippen molar-refractivity contribution in [3.63, 3.8) is 0 Å². The first kappa shape index (κ1) is 11.9. The van der Waals surface area contributed by atoms with Gasteiger partial charge in [0.2, 0.25) is 0 Å². The molecule has 0 radical (unpaired) electrons. The lowest BCUT2D eigenvalue weighted by Gasteiger charge is -2.41. The Morgan fingerprint density at radius 1 is 0.929 bits per heavy atom. The zero-order chi connectivity index (χ0) is 10.7. The molecule has 0 bridgehead atoms. The molecule has 0 spiro atoms. The fourth-order valence-electron chi connectivity index (χ4n) is 1.84. The summed E-state index contributed by atoms with van der Waals surface area (Å²) >= 11 is 0. The molecule has 1 aliphatic rings. The van der Waals surface area contributed by atoms with Crippen molar-refractivity contribution in [3.05, 3.63) is 0 Å². The fraction of sp³-hybridized carbons (Fsp3) is 1.00. The molecule has 5 atom stereocenters. The molecule has 0 aromatic heterocycles. The summed E-state index contributed by atoms with van der Waals surface area (Å²) in [5.74, 6) is 0. The van der Waals surface area contributed by atoms with Gasteiger partial charge >= 0.3 is 0 Å². The Bertz CT molecular complexity index is 159. The van der Waals surface area contributed by atoms with Crippen LogP contribution in [0.4, 0.5) is 0 Å². The molecule has 0 amide bonds. The van der Waals surface area contributed by atoms with Crippen molar-refractivity contribution >= 4 is 0 Å². The third-order valence-corrected chi connectivity index (χ3v) is 2.56. The lowest BCUT2D eigenvalue weighted by Crippen LogP contribution is -2.58. The molecule has 1 unspecified atom stereocenters. The van der Waals surface area contributed by atoms with Gasteiger partial charge in [-0.1, -0.05) is 0 Å². The van der Waals surface area contributed by atoms with E-state index in [9.17, 15) is 5.11 Å². The van der Waals surface area contributed by atoms with E-state index in [0.717, 1.165) is 0 Å². The van der Waals surface area contributed by atoms with E-state index < -0.39 is 12.4 Å². The topological polar surface area (TPSA) is 57.2 Å². The van der Waals surface area contributed by atoms with E-state index in [2.05, 4.69) is 0 Å². The molecule has 1 fully saturated rings. The molecule has 1 N–H and O–H groups in total. The van der Waals surface area contributed by atoms with Crippen LogP contribution in [0.5, 0.6) is 0 Å². The van der Waals surface area contributed by atoms with Crippen LogP contribution in [0.15, 0.2) is 0 Å². The fourth-order valence-corrected chi connectivity index (χ4v) is 1.84. The maximum absolute atomic E-state index is 9.57. The number of hydrogen-bond acceptors (Lipinski definition) is 5. The normalized spacial score (nSPS) is 43.9. The lowest BCUT2D eigenvalue weighted by atomic mass is 9.99. The first-order chi connectivity index (χ1) is 6.65. The Hall–Kier alpha value is -0.200. The molecule has 14 heavy (non-hydrogen) atoms. The summed E-state index contributed by atoms with van der Waals surface area (Å²) in [4.78, 5) is 0. The number of methoxy groups -OCH3 is 3. The average Bonchev–Trinajstić information content (AvgIpc) is 2.16. The zero-order valence-electron chi connectivity index (χ0n) is 8.97. The minimum Gasteiger partial charge on any atom is -0.376 e. The van der Waals surface area contributed by atoms with Crippen LogP contribution in [-0.4, -0.2) is 57.1 Å². The standard InChI is InChI=1S/C9H18O5/c1-5-6(11-2)7(12-3)8(13-4)9(10)14-5/h5-10H,1-4H3/t5-,6+,7+,8-,9?/m0/s1. The van der Waals surface area contributed by atoms with Crippen LogP contribution < -0.4 is 0 Å². The Balaban J connectivity index is 2.76. The molecular weight excluding hydrogens is 188 g/mol. The second-order valence-electron chi connectivity index (χ2n) is 3.33. The Kier molecular flexibility index (Phi) is 4.28. The number of rotatable bonds is 3. The van der Waals surface area contributed by atoms with E-state index in [4.69, 9.17) is 18.9 Å². The summed E-state index contributed by atoms with van der Waals surface area (Å²) in [6, 6.07) is 0. The lowest BCUT2D eigenvalue weighted by molar-refractivity contribution is -0.291. The molecule has 1 saturated heterocycles. The molecule has 1 heterocycles. The molecule has 5 heteroatoms. The summed E-state index contributed by atoms with van der Waals surface area (Å²) in [7, 11) is 4.65. The molecule has 5 nitrogen and oxygen atoms in total. The number of hydrogen-bond donors (Lipinski definition) is 1. The predicted molar refractivity (Wildman–Crippen MR) is 48.9 cm³/mol. The van der Waals surface area contributed by atoms with Crippen LogP contribution in [0.2, 0.25) is 0 Å². The van der Waals surface area contributed by atoms with Crippen molar-refractivity contribution in [1.82, 2.24) is 0 Å². The van der Waals surface area contributed by atoms with Crippen LogP contribution >= 0.6 is 0 Å². The molecular formula is C9H18O5. The van der Waals surface area contributed by atoms with Gasteiger partial charge in [0.1, 0.15) is 18.3 Å². The van der Waals surface area contributed by atoms with Gasteiger partial charge in [-0.05, 0) is 6.92 Å². The van der Waals surface area contributed by atoms with Crippen molar-refractivity contribution in [2.45, 2.75) is 37.6 Å². The van der Waals surface area contributed by atoms with Gasteiger partial charge < -0.3 is 24.1 Å². The van der Waals surface area contributed by atoms with E-state index in [-0.39, 0.29) is 18.3 Å². The smallest absolute Gasteiger partial charge is 0.184 e. The molecule has 1 aliphatic heterocycles. The van der Waals surface area contributed by atoms with Crippen molar-refractivity contribution in [2.75, 3.05) is 21.3 Å². The van der Waals surface area contributed by atoms with Gasteiger partial charge in [0.25, 0.3) is 0 Å². The Labute approximate surface area is 83.9 Å². The zero-order valence-corrected chi connectivity index (χ0v) is 8.97. The van der Waals surface area contributed by atoms with Gasteiger partial charge in [-0.15, -0.1) is 0 Å². The van der Waals surface area contributed by atoms with E-state index in [1.807, 2.05) is 6.92 Å². The minimum absolute atomic E-state index is 0.216. The van der Waals surface area contributed by atoms with Gasteiger partial charge in [0.15, 0.2) is 6.29 Å². The van der Waals surface area contributed by atoms with E-state index in [1.54, 1.807) is 14.2 Å². The summed E-state index contributed by atoms with van der Waals surface area (Å²) in [6.45, 7) is 1.83. The van der Waals surface area contributed by atoms with Gasteiger partial charge in [-0.3, -0.25) is 0 Å². The molecule has 84 valence electrons. The molecule has 0 saturated carbocycles.